The molecule has 2 amide bonds. The van der Waals surface area contributed by atoms with E-state index in [4.69, 9.17) is 4.74 Å². The van der Waals surface area contributed by atoms with Crippen LogP contribution in [-0.4, -0.2) is 26.0 Å². The smallest absolute Gasteiger partial charge is 0.258 e. The molecular weight excluding hydrogens is 424 g/mol. The number of hydrogen-bond donors (Lipinski definition) is 1. The molecule has 4 aromatic carbocycles. The fraction of sp³-hybridized carbons (Fsp3) is 0.103. The molecule has 4 rings (SSSR count). The van der Waals surface area contributed by atoms with E-state index < -0.39 is 0 Å². The molecule has 0 aliphatic heterocycles. The highest BCUT2D eigenvalue weighted by Gasteiger charge is 2.16. The van der Waals surface area contributed by atoms with E-state index in [1.807, 2.05) is 73.7 Å². The third kappa shape index (κ3) is 4.99. The summed E-state index contributed by atoms with van der Waals surface area (Å²) in [5.41, 5.74) is 5.47. The van der Waals surface area contributed by atoms with Crippen molar-refractivity contribution < 1.29 is 14.3 Å². The lowest BCUT2D eigenvalue weighted by molar-refractivity contribution is 0.0991. The van der Waals surface area contributed by atoms with Crippen molar-refractivity contribution in [2.75, 3.05) is 24.4 Å². The highest BCUT2D eigenvalue weighted by molar-refractivity contribution is 6.09. The number of nitrogens with one attached hydrogen (secondary N) is 1. The van der Waals surface area contributed by atoms with Gasteiger partial charge in [-0.3, -0.25) is 9.59 Å². The van der Waals surface area contributed by atoms with E-state index in [2.05, 4.69) is 5.32 Å². The molecule has 0 radical (unpaired) electrons. The number of hydrogen-bond acceptors (Lipinski definition) is 3. The molecule has 34 heavy (non-hydrogen) atoms. The number of benzene rings is 4. The van der Waals surface area contributed by atoms with Gasteiger partial charge in [0.2, 0.25) is 0 Å². The molecule has 0 aliphatic carbocycles. The first kappa shape index (κ1) is 22.8. The Balaban J connectivity index is 1.49. The van der Waals surface area contributed by atoms with Crippen molar-refractivity contribution in [1.29, 1.82) is 0 Å². The van der Waals surface area contributed by atoms with Crippen molar-refractivity contribution in [1.82, 2.24) is 0 Å². The van der Waals surface area contributed by atoms with E-state index in [0.717, 1.165) is 22.4 Å². The molecule has 0 heterocycles. The van der Waals surface area contributed by atoms with Crippen molar-refractivity contribution in [3.63, 3.8) is 0 Å². The molecule has 0 atom stereocenters. The van der Waals surface area contributed by atoms with E-state index in [1.165, 1.54) is 0 Å². The maximum Gasteiger partial charge on any atom is 0.258 e. The second-order valence-electron chi connectivity index (χ2n) is 8.01. The lowest BCUT2D eigenvalue weighted by Crippen LogP contribution is -2.26. The first-order chi connectivity index (χ1) is 16.5. The molecular formula is C29H26N2O3. The van der Waals surface area contributed by atoms with Crippen molar-refractivity contribution >= 4 is 23.2 Å². The van der Waals surface area contributed by atoms with Gasteiger partial charge in [-0.15, -0.1) is 0 Å². The minimum atomic E-state index is -0.205. The summed E-state index contributed by atoms with van der Waals surface area (Å²) in [4.78, 5) is 27.5. The molecule has 170 valence electrons. The highest BCUT2D eigenvalue weighted by Crippen LogP contribution is 2.26. The molecule has 1 N–H and O–H groups in total. The van der Waals surface area contributed by atoms with Gasteiger partial charge >= 0.3 is 0 Å². The Kier molecular flexibility index (Phi) is 6.74. The van der Waals surface area contributed by atoms with Gasteiger partial charge in [-0.2, -0.15) is 0 Å². The predicted molar refractivity (Wildman–Crippen MR) is 137 cm³/mol. The van der Waals surface area contributed by atoms with Gasteiger partial charge in [0.15, 0.2) is 0 Å². The number of ether oxygens (including phenoxy) is 1. The zero-order chi connectivity index (χ0) is 24.1. The van der Waals surface area contributed by atoms with Crippen LogP contribution in [0.4, 0.5) is 11.4 Å². The minimum absolute atomic E-state index is 0.157. The Hall–Kier alpha value is -4.38. The van der Waals surface area contributed by atoms with Crippen LogP contribution in [0, 0.1) is 6.92 Å². The second kappa shape index (κ2) is 10.0. The van der Waals surface area contributed by atoms with Gasteiger partial charge < -0.3 is 15.0 Å². The summed E-state index contributed by atoms with van der Waals surface area (Å²) in [6.45, 7) is 2.03. The van der Waals surface area contributed by atoms with Gasteiger partial charge in [0.05, 0.1) is 7.11 Å². The zero-order valence-electron chi connectivity index (χ0n) is 19.4. The number of nitrogens with zero attached hydrogens (tertiary/aromatic N) is 1. The average molecular weight is 451 g/mol. The predicted octanol–water partition coefficient (Wildman–Crippen LogP) is 6.20. The maximum absolute atomic E-state index is 13.0. The number of anilines is 2. The number of carbonyl (C=O) groups is 2. The van der Waals surface area contributed by atoms with Crippen LogP contribution in [0.25, 0.3) is 11.1 Å². The Bertz CT molecular complexity index is 1310. The molecule has 0 aromatic heterocycles. The highest BCUT2D eigenvalue weighted by atomic mass is 16.5. The van der Waals surface area contributed by atoms with Crippen molar-refractivity contribution in [2.24, 2.45) is 0 Å². The quantitative estimate of drug-likeness (QED) is 0.380. The summed E-state index contributed by atoms with van der Waals surface area (Å²) in [6.07, 6.45) is 0. The van der Waals surface area contributed by atoms with Gasteiger partial charge in [-0.05, 0) is 60.5 Å². The van der Waals surface area contributed by atoms with Crippen molar-refractivity contribution in [2.45, 2.75) is 6.92 Å². The Morgan fingerprint density at radius 1 is 0.824 bits per heavy atom. The van der Waals surface area contributed by atoms with Crippen LogP contribution in [0.2, 0.25) is 0 Å². The summed E-state index contributed by atoms with van der Waals surface area (Å²) in [6, 6.07) is 29.8. The largest absolute Gasteiger partial charge is 0.497 e. The lowest BCUT2D eigenvalue weighted by atomic mass is 9.98. The topological polar surface area (TPSA) is 58.6 Å². The van der Waals surface area contributed by atoms with Gasteiger partial charge in [0, 0.05) is 35.6 Å². The summed E-state index contributed by atoms with van der Waals surface area (Å²) in [5, 5.41) is 2.94. The monoisotopic (exact) mass is 450 g/mol. The van der Waals surface area contributed by atoms with Gasteiger partial charge in [0.1, 0.15) is 5.75 Å². The maximum atomic E-state index is 13.0. The van der Waals surface area contributed by atoms with Gasteiger partial charge in [-0.25, -0.2) is 0 Å². The molecule has 4 aromatic rings. The molecule has 0 unspecified atom stereocenters. The fourth-order valence-corrected chi connectivity index (χ4v) is 3.69. The molecule has 0 bridgehead atoms. The average Bonchev–Trinajstić information content (AvgIpc) is 2.88. The summed E-state index contributed by atoms with van der Waals surface area (Å²) in [5.74, 6) is 0.320. The van der Waals surface area contributed by atoms with E-state index in [9.17, 15) is 9.59 Å². The number of rotatable bonds is 6. The van der Waals surface area contributed by atoms with Crippen LogP contribution in [0.5, 0.6) is 5.75 Å². The van der Waals surface area contributed by atoms with Crippen LogP contribution in [-0.2, 0) is 0 Å². The van der Waals surface area contributed by atoms with E-state index in [1.54, 1.807) is 49.4 Å². The van der Waals surface area contributed by atoms with Crippen molar-refractivity contribution in [3.05, 3.63) is 114 Å². The first-order valence-corrected chi connectivity index (χ1v) is 11.0. The van der Waals surface area contributed by atoms with Crippen LogP contribution >= 0.6 is 0 Å². The molecule has 0 fully saturated rings. The summed E-state index contributed by atoms with van der Waals surface area (Å²) >= 11 is 0. The Morgan fingerprint density at radius 2 is 1.53 bits per heavy atom. The van der Waals surface area contributed by atoms with Crippen LogP contribution in [0.15, 0.2) is 97.1 Å². The zero-order valence-corrected chi connectivity index (χ0v) is 19.4. The lowest BCUT2D eigenvalue weighted by Gasteiger charge is -2.18. The third-order valence-electron chi connectivity index (χ3n) is 5.67. The number of aryl methyl sites for hydroxylation is 1. The molecule has 0 saturated heterocycles. The molecule has 0 aliphatic rings. The van der Waals surface area contributed by atoms with Crippen LogP contribution < -0.4 is 15.0 Å². The molecule has 5 nitrogen and oxygen atoms in total. The van der Waals surface area contributed by atoms with Crippen molar-refractivity contribution in [3.8, 4) is 16.9 Å². The third-order valence-corrected chi connectivity index (χ3v) is 5.67. The molecule has 5 heteroatoms. The molecule has 0 saturated carbocycles. The van der Waals surface area contributed by atoms with Gasteiger partial charge in [-0.1, -0.05) is 54.1 Å². The summed E-state index contributed by atoms with van der Waals surface area (Å²) in [7, 11) is 3.31. The van der Waals surface area contributed by atoms with E-state index in [-0.39, 0.29) is 11.8 Å². The first-order valence-electron chi connectivity index (χ1n) is 11.0. The number of methoxy groups -OCH3 is 1. The fourth-order valence-electron chi connectivity index (χ4n) is 3.69. The van der Waals surface area contributed by atoms with E-state index in [0.29, 0.717) is 22.6 Å². The molecule has 0 spiro atoms. The van der Waals surface area contributed by atoms with Crippen LogP contribution in [0.3, 0.4) is 0 Å². The van der Waals surface area contributed by atoms with Gasteiger partial charge in [0.25, 0.3) is 11.8 Å². The Labute approximate surface area is 199 Å². The Morgan fingerprint density at radius 3 is 2.24 bits per heavy atom. The second-order valence-corrected chi connectivity index (χ2v) is 8.01. The number of carbonyl (C=O) groups excluding carboxylic acids is 2. The number of amides is 2. The summed E-state index contributed by atoms with van der Waals surface area (Å²) < 4.78 is 5.24. The standard InChI is InChI=1S/C29H26N2O3/c1-20-11-13-21(14-12-20)26-9-4-5-10-27(26)28(32)30-23-17-15-22(16-18-23)29(33)31(2)24-7-6-8-25(19-24)34-3/h4-19H,1-3H3,(H,30,32). The normalized spacial score (nSPS) is 10.4. The van der Waals surface area contributed by atoms with E-state index >= 15 is 0 Å². The SMILES string of the molecule is COc1cccc(N(C)C(=O)c2ccc(NC(=O)c3ccccc3-c3ccc(C)cc3)cc2)c1. The van der Waals surface area contributed by atoms with Crippen LogP contribution in [0.1, 0.15) is 26.3 Å². The minimum Gasteiger partial charge on any atom is -0.497 e.